The lowest BCUT2D eigenvalue weighted by atomic mass is 9.99. The van der Waals surface area contributed by atoms with Crippen molar-refractivity contribution < 1.29 is 9.26 Å². The number of halogens is 1. The van der Waals surface area contributed by atoms with Gasteiger partial charge in [0.15, 0.2) is 11.7 Å². The topological polar surface area (TPSA) is 85.7 Å². The molecule has 3 N–H and O–H groups in total. The molecule has 1 aromatic heterocycles. The molecule has 6 nitrogen and oxygen atoms in total. The maximum atomic E-state index is 5.79. The van der Waals surface area contributed by atoms with E-state index in [1.54, 1.807) is 0 Å². The van der Waals surface area contributed by atoms with Crippen LogP contribution in [0.3, 0.4) is 0 Å². The summed E-state index contributed by atoms with van der Waals surface area (Å²) in [4.78, 5) is 4.25. The van der Waals surface area contributed by atoms with Crippen molar-refractivity contribution in [2.45, 2.75) is 52.5 Å². The molecule has 7 heteroatoms. The largest absolute Gasteiger partial charge is 0.382 e. The van der Waals surface area contributed by atoms with Gasteiger partial charge < -0.3 is 20.3 Å². The number of rotatable bonds is 10. The highest BCUT2D eigenvalue weighted by atomic mass is 127. The van der Waals surface area contributed by atoms with Crippen molar-refractivity contribution in [3.05, 3.63) is 17.5 Å². The molecule has 0 aliphatic carbocycles. The standard InChI is InChI=1S/C15H28N4O2.HI/c1-4-12(5-2)14-10-13(21-19-14)11-18-15(16)17-8-7-9-20-6-3;/h10,12H,4-9,11H2,1-3H3,(H3,16,17,18);1H. The molecule has 0 saturated carbocycles. The minimum absolute atomic E-state index is 0. The van der Waals surface area contributed by atoms with E-state index in [-0.39, 0.29) is 24.0 Å². The summed E-state index contributed by atoms with van der Waals surface area (Å²) in [5, 5.41) is 7.16. The van der Waals surface area contributed by atoms with Gasteiger partial charge in [0.1, 0.15) is 6.54 Å². The Morgan fingerprint density at radius 1 is 1.41 bits per heavy atom. The minimum Gasteiger partial charge on any atom is -0.382 e. The third-order valence-corrected chi connectivity index (χ3v) is 3.36. The van der Waals surface area contributed by atoms with Crippen LogP contribution in [0.2, 0.25) is 0 Å². The van der Waals surface area contributed by atoms with Gasteiger partial charge in [-0.1, -0.05) is 19.0 Å². The van der Waals surface area contributed by atoms with Crippen LogP contribution in [0, 0.1) is 0 Å². The second-order valence-corrected chi connectivity index (χ2v) is 4.91. The van der Waals surface area contributed by atoms with Gasteiger partial charge in [-0.15, -0.1) is 24.0 Å². The highest BCUT2D eigenvalue weighted by Gasteiger charge is 2.12. The van der Waals surface area contributed by atoms with Crippen molar-refractivity contribution in [2.24, 2.45) is 10.7 Å². The average molecular weight is 424 g/mol. The van der Waals surface area contributed by atoms with Crippen molar-refractivity contribution in [1.29, 1.82) is 0 Å². The molecule has 0 aromatic carbocycles. The SMILES string of the molecule is CCOCCCNC(N)=NCc1cc(C(CC)CC)no1.I. The van der Waals surface area contributed by atoms with Crippen molar-refractivity contribution in [3.63, 3.8) is 0 Å². The fraction of sp³-hybridized carbons (Fsp3) is 0.733. The summed E-state index contributed by atoms with van der Waals surface area (Å²) in [5.41, 5.74) is 6.80. The monoisotopic (exact) mass is 424 g/mol. The molecule has 0 aliphatic rings. The first-order valence-electron chi connectivity index (χ1n) is 7.78. The second kappa shape index (κ2) is 12.7. The molecule has 0 unspecified atom stereocenters. The number of aliphatic imine (C=N–C) groups is 1. The van der Waals surface area contributed by atoms with Gasteiger partial charge in [0.05, 0.1) is 5.69 Å². The third-order valence-electron chi connectivity index (χ3n) is 3.36. The molecule has 0 bridgehead atoms. The number of hydrogen-bond donors (Lipinski definition) is 2. The van der Waals surface area contributed by atoms with Crippen LogP contribution >= 0.6 is 24.0 Å². The van der Waals surface area contributed by atoms with Gasteiger partial charge in [0.25, 0.3) is 0 Å². The number of nitrogens with two attached hydrogens (primary N) is 1. The Balaban J connectivity index is 0.00000441. The van der Waals surface area contributed by atoms with Gasteiger partial charge in [-0.05, 0) is 26.2 Å². The Morgan fingerprint density at radius 3 is 2.77 bits per heavy atom. The summed E-state index contributed by atoms with van der Waals surface area (Å²) in [7, 11) is 0. The third kappa shape index (κ3) is 7.98. The predicted octanol–water partition coefficient (Wildman–Crippen LogP) is 3.03. The van der Waals surface area contributed by atoms with Gasteiger partial charge in [-0.2, -0.15) is 0 Å². The average Bonchev–Trinajstić information content (AvgIpc) is 2.95. The van der Waals surface area contributed by atoms with E-state index in [1.165, 1.54) is 0 Å². The molecule has 0 fully saturated rings. The van der Waals surface area contributed by atoms with Crippen molar-refractivity contribution in [2.75, 3.05) is 19.8 Å². The zero-order valence-corrected chi connectivity index (χ0v) is 16.1. The van der Waals surface area contributed by atoms with Crippen LogP contribution in [0.5, 0.6) is 0 Å². The van der Waals surface area contributed by atoms with Crippen LogP contribution in [-0.2, 0) is 11.3 Å². The number of hydrogen-bond acceptors (Lipinski definition) is 4. The van der Waals surface area contributed by atoms with E-state index in [2.05, 4.69) is 29.3 Å². The summed E-state index contributed by atoms with van der Waals surface area (Å²) in [6.45, 7) is 8.94. The van der Waals surface area contributed by atoms with Crippen LogP contribution in [0.4, 0.5) is 0 Å². The van der Waals surface area contributed by atoms with Gasteiger partial charge in [0, 0.05) is 31.7 Å². The smallest absolute Gasteiger partial charge is 0.189 e. The molecule has 0 aliphatic heterocycles. The zero-order valence-electron chi connectivity index (χ0n) is 13.8. The van der Waals surface area contributed by atoms with E-state index in [0.29, 0.717) is 18.4 Å². The van der Waals surface area contributed by atoms with E-state index < -0.39 is 0 Å². The molecule has 1 heterocycles. The van der Waals surface area contributed by atoms with E-state index in [0.717, 1.165) is 50.5 Å². The van der Waals surface area contributed by atoms with Gasteiger partial charge in [-0.25, -0.2) is 4.99 Å². The molecule has 22 heavy (non-hydrogen) atoms. The molecule has 0 spiro atoms. The molecule has 1 aromatic rings. The molecular formula is C15H29IN4O2. The minimum atomic E-state index is 0. The lowest BCUT2D eigenvalue weighted by molar-refractivity contribution is 0.145. The zero-order chi connectivity index (χ0) is 15.5. The number of aromatic nitrogens is 1. The summed E-state index contributed by atoms with van der Waals surface area (Å²) in [5.74, 6) is 1.63. The van der Waals surface area contributed by atoms with Crippen LogP contribution in [0.1, 0.15) is 57.4 Å². The second-order valence-electron chi connectivity index (χ2n) is 4.91. The number of guanidine groups is 1. The van der Waals surface area contributed by atoms with Crippen LogP contribution in [0.25, 0.3) is 0 Å². The summed E-state index contributed by atoms with van der Waals surface area (Å²) < 4.78 is 10.5. The first-order valence-corrected chi connectivity index (χ1v) is 7.78. The number of nitrogens with one attached hydrogen (secondary N) is 1. The Hall–Kier alpha value is -0.830. The Labute approximate surface area is 150 Å². The van der Waals surface area contributed by atoms with Gasteiger partial charge in [0.2, 0.25) is 0 Å². The van der Waals surface area contributed by atoms with Crippen LogP contribution in [-0.4, -0.2) is 30.9 Å². The van der Waals surface area contributed by atoms with Crippen LogP contribution < -0.4 is 11.1 Å². The Kier molecular flexibility index (Phi) is 12.2. The maximum Gasteiger partial charge on any atom is 0.189 e. The fourth-order valence-corrected chi connectivity index (χ4v) is 2.06. The lowest BCUT2D eigenvalue weighted by Gasteiger charge is -2.06. The normalized spacial score (nSPS) is 11.5. The molecule has 0 amide bonds. The first-order chi connectivity index (χ1) is 10.2. The molecule has 0 radical (unpaired) electrons. The van der Waals surface area contributed by atoms with Crippen LogP contribution in [0.15, 0.2) is 15.6 Å². The summed E-state index contributed by atoms with van der Waals surface area (Å²) in [6, 6.07) is 1.98. The van der Waals surface area contributed by atoms with Gasteiger partial charge in [-0.3, -0.25) is 0 Å². The number of nitrogens with zero attached hydrogens (tertiary/aromatic N) is 2. The summed E-state index contributed by atoms with van der Waals surface area (Å²) in [6.07, 6.45) is 3.04. The predicted molar refractivity (Wildman–Crippen MR) is 99.7 cm³/mol. The quantitative estimate of drug-likeness (QED) is 0.261. The molecule has 1 rings (SSSR count). The molecule has 128 valence electrons. The van der Waals surface area contributed by atoms with E-state index >= 15 is 0 Å². The Morgan fingerprint density at radius 2 is 2.14 bits per heavy atom. The maximum absolute atomic E-state index is 5.79. The van der Waals surface area contributed by atoms with Crippen molar-refractivity contribution in [1.82, 2.24) is 10.5 Å². The van der Waals surface area contributed by atoms with Crippen molar-refractivity contribution in [3.8, 4) is 0 Å². The molecule has 0 saturated heterocycles. The fourth-order valence-electron chi connectivity index (χ4n) is 2.06. The highest BCUT2D eigenvalue weighted by molar-refractivity contribution is 14.0. The highest BCUT2D eigenvalue weighted by Crippen LogP contribution is 2.22. The van der Waals surface area contributed by atoms with E-state index in [9.17, 15) is 0 Å². The van der Waals surface area contributed by atoms with Gasteiger partial charge >= 0.3 is 0 Å². The lowest BCUT2D eigenvalue weighted by Crippen LogP contribution is -2.32. The van der Waals surface area contributed by atoms with E-state index in [4.69, 9.17) is 15.0 Å². The van der Waals surface area contributed by atoms with E-state index in [1.807, 2.05) is 13.0 Å². The molecular weight excluding hydrogens is 395 g/mol. The summed E-state index contributed by atoms with van der Waals surface area (Å²) >= 11 is 0. The molecule has 0 atom stereocenters. The first kappa shape index (κ1) is 21.2. The Bertz CT molecular complexity index is 419. The number of ether oxygens (including phenoxy) is 1. The van der Waals surface area contributed by atoms with Crippen molar-refractivity contribution >= 4 is 29.9 Å².